The van der Waals surface area contributed by atoms with Crippen LogP contribution in [0, 0.1) is 0 Å². The summed E-state index contributed by atoms with van der Waals surface area (Å²) in [4.78, 5) is 3.53. The molecule has 142 valence electrons. The molecule has 2 heteroatoms. The summed E-state index contributed by atoms with van der Waals surface area (Å²) in [6, 6.07) is 21.7. The predicted molar refractivity (Wildman–Crippen MR) is 124 cm³/mol. The van der Waals surface area contributed by atoms with Crippen molar-refractivity contribution in [2.24, 2.45) is 7.05 Å². The monoisotopic (exact) mass is 360 g/mol. The fourth-order valence-corrected chi connectivity index (χ4v) is 3.50. The molecule has 0 spiro atoms. The summed E-state index contributed by atoms with van der Waals surface area (Å²) in [5.41, 5.74) is 4.98. The number of nitrogens with zero attached hydrogens (tertiary/aromatic N) is 1. The Morgan fingerprint density at radius 3 is 1.85 bits per heavy atom. The summed E-state index contributed by atoms with van der Waals surface area (Å²) in [5, 5.41) is 5.21. The van der Waals surface area contributed by atoms with Crippen LogP contribution in [0.3, 0.4) is 0 Å². The van der Waals surface area contributed by atoms with Gasteiger partial charge < -0.3 is 9.55 Å². The van der Waals surface area contributed by atoms with E-state index < -0.39 is 0 Å². The zero-order valence-electron chi connectivity index (χ0n) is 17.7. The Hall–Kier alpha value is -2.74. The van der Waals surface area contributed by atoms with Gasteiger partial charge in [0.05, 0.1) is 0 Å². The molecular weight excluding hydrogens is 328 g/mol. The van der Waals surface area contributed by atoms with Gasteiger partial charge in [-0.15, -0.1) is 0 Å². The lowest BCUT2D eigenvalue weighted by molar-refractivity contribution is 1.02. The van der Waals surface area contributed by atoms with Crippen LogP contribution >= 0.6 is 0 Å². The van der Waals surface area contributed by atoms with Crippen LogP contribution in [-0.4, -0.2) is 9.55 Å². The van der Waals surface area contributed by atoms with E-state index in [0.717, 1.165) is 0 Å². The third-order valence-corrected chi connectivity index (χ3v) is 4.54. The van der Waals surface area contributed by atoms with Crippen LogP contribution in [0.1, 0.15) is 41.5 Å². The second-order valence-corrected chi connectivity index (χ2v) is 5.66. The molecule has 5 rings (SSSR count). The van der Waals surface area contributed by atoms with Crippen LogP contribution in [0.4, 0.5) is 0 Å². The standard InChI is InChI=1S/C19H14N2.3C2H6/c1-21-18-9-5-3-7-13(18)15-10-17-14(11-19(15)21)12-6-2-4-8-16(12)20-17;3*1-2/h2-11,20H,1H3;3*1-2H3. The van der Waals surface area contributed by atoms with Gasteiger partial charge in [-0.2, -0.15) is 0 Å². The summed E-state index contributed by atoms with van der Waals surface area (Å²) in [7, 11) is 2.14. The minimum absolute atomic E-state index is 1.20. The number of fused-ring (bicyclic) bond motifs is 6. The summed E-state index contributed by atoms with van der Waals surface area (Å²) < 4.78 is 2.28. The maximum atomic E-state index is 3.53. The first-order valence-electron chi connectivity index (χ1n) is 10.2. The smallest absolute Gasteiger partial charge is 0.0496 e. The first-order chi connectivity index (χ1) is 13.3. The molecule has 5 aromatic rings. The van der Waals surface area contributed by atoms with Crippen molar-refractivity contribution in [2.75, 3.05) is 0 Å². The molecule has 0 radical (unpaired) electrons. The molecule has 3 aromatic carbocycles. The topological polar surface area (TPSA) is 20.7 Å². The van der Waals surface area contributed by atoms with Gasteiger partial charge in [0.2, 0.25) is 0 Å². The SMILES string of the molecule is CC.CC.CC.Cn1c2ccccc2c2cc3[nH]c4ccccc4c3cc21. The zero-order chi connectivity index (χ0) is 20.0. The largest absolute Gasteiger partial charge is 0.354 e. The van der Waals surface area contributed by atoms with Gasteiger partial charge in [0, 0.05) is 50.7 Å². The van der Waals surface area contributed by atoms with Gasteiger partial charge in [0.25, 0.3) is 0 Å². The molecule has 2 aromatic heterocycles. The highest BCUT2D eigenvalue weighted by Crippen LogP contribution is 2.34. The number of aromatic amines is 1. The highest BCUT2D eigenvalue weighted by atomic mass is 14.9. The van der Waals surface area contributed by atoms with Crippen molar-refractivity contribution in [3.8, 4) is 0 Å². The average molecular weight is 361 g/mol. The molecule has 27 heavy (non-hydrogen) atoms. The van der Waals surface area contributed by atoms with Gasteiger partial charge in [-0.3, -0.25) is 0 Å². The van der Waals surface area contributed by atoms with Gasteiger partial charge >= 0.3 is 0 Å². The summed E-state index contributed by atoms with van der Waals surface area (Å²) in [5.74, 6) is 0. The molecule has 0 saturated heterocycles. The third kappa shape index (κ3) is 3.44. The Morgan fingerprint density at radius 1 is 0.556 bits per heavy atom. The number of H-pyrrole nitrogens is 1. The van der Waals surface area contributed by atoms with E-state index in [2.05, 4.69) is 77.3 Å². The number of nitrogens with one attached hydrogen (secondary N) is 1. The molecule has 0 fully saturated rings. The second-order valence-electron chi connectivity index (χ2n) is 5.66. The van der Waals surface area contributed by atoms with Crippen molar-refractivity contribution < 1.29 is 0 Å². The Morgan fingerprint density at radius 2 is 1.15 bits per heavy atom. The van der Waals surface area contributed by atoms with Crippen LogP contribution in [0.2, 0.25) is 0 Å². The fraction of sp³-hybridized carbons (Fsp3) is 0.280. The maximum absolute atomic E-state index is 3.53. The van der Waals surface area contributed by atoms with E-state index in [1.807, 2.05) is 41.5 Å². The van der Waals surface area contributed by atoms with Gasteiger partial charge in [0.15, 0.2) is 0 Å². The van der Waals surface area contributed by atoms with Gasteiger partial charge in [-0.25, -0.2) is 0 Å². The van der Waals surface area contributed by atoms with Crippen molar-refractivity contribution in [3.05, 3.63) is 60.7 Å². The number of hydrogen-bond acceptors (Lipinski definition) is 0. The van der Waals surface area contributed by atoms with Crippen molar-refractivity contribution >= 4 is 43.6 Å². The number of para-hydroxylation sites is 2. The van der Waals surface area contributed by atoms with E-state index in [0.29, 0.717) is 0 Å². The second kappa shape index (κ2) is 9.27. The minimum Gasteiger partial charge on any atom is -0.354 e. The molecule has 0 unspecified atom stereocenters. The van der Waals surface area contributed by atoms with E-state index >= 15 is 0 Å². The van der Waals surface area contributed by atoms with E-state index in [1.165, 1.54) is 43.6 Å². The van der Waals surface area contributed by atoms with Crippen LogP contribution in [0.5, 0.6) is 0 Å². The molecule has 0 aliphatic rings. The van der Waals surface area contributed by atoms with E-state index in [1.54, 1.807) is 0 Å². The lowest BCUT2D eigenvalue weighted by Crippen LogP contribution is -1.85. The summed E-state index contributed by atoms with van der Waals surface area (Å²) >= 11 is 0. The van der Waals surface area contributed by atoms with Crippen molar-refractivity contribution in [1.82, 2.24) is 9.55 Å². The lowest BCUT2D eigenvalue weighted by Gasteiger charge is -1.98. The first-order valence-corrected chi connectivity index (χ1v) is 10.2. The molecule has 2 heterocycles. The molecule has 2 nitrogen and oxygen atoms in total. The quantitative estimate of drug-likeness (QED) is 0.288. The number of rotatable bonds is 0. The molecular formula is C25H32N2. The normalized spacial score (nSPS) is 10.0. The van der Waals surface area contributed by atoms with Crippen LogP contribution in [0.25, 0.3) is 43.6 Å². The Labute approximate surface area is 162 Å². The van der Waals surface area contributed by atoms with Crippen LogP contribution in [0.15, 0.2) is 60.7 Å². The predicted octanol–water partition coefficient (Wildman–Crippen LogP) is 8.04. The molecule has 0 atom stereocenters. The van der Waals surface area contributed by atoms with Crippen molar-refractivity contribution in [1.29, 1.82) is 0 Å². The van der Waals surface area contributed by atoms with Gasteiger partial charge in [-0.1, -0.05) is 77.9 Å². The minimum atomic E-state index is 1.20. The van der Waals surface area contributed by atoms with Gasteiger partial charge in [0.1, 0.15) is 0 Å². The summed E-state index contributed by atoms with van der Waals surface area (Å²) in [6.07, 6.45) is 0. The molecule has 0 aliphatic carbocycles. The zero-order valence-corrected chi connectivity index (χ0v) is 17.7. The fourth-order valence-electron chi connectivity index (χ4n) is 3.50. The van der Waals surface area contributed by atoms with E-state index in [9.17, 15) is 0 Å². The highest BCUT2D eigenvalue weighted by Gasteiger charge is 2.11. The molecule has 0 amide bonds. The van der Waals surface area contributed by atoms with E-state index in [-0.39, 0.29) is 0 Å². The van der Waals surface area contributed by atoms with Crippen molar-refractivity contribution in [2.45, 2.75) is 41.5 Å². The van der Waals surface area contributed by atoms with Crippen molar-refractivity contribution in [3.63, 3.8) is 0 Å². The first kappa shape index (κ1) is 20.6. The Balaban J connectivity index is 0.000000400. The number of benzene rings is 3. The van der Waals surface area contributed by atoms with Gasteiger partial charge in [-0.05, 0) is 24.3 Å². The highest BCUT2D eigenvalue weighted by molar-refractivity contribution is 6.17. The van der Waals surface area contributed by atoms with Crippen LogP contribution in [-0.2, 0) is 7.05 Å². The number of hydrogen-bond donors (Lipinski definition) is 1. The lowest BCUT2D eigenvalue weighted by atomic mass is 10.1. The number of aromatic nitrogens is 2. The molecule has 0 bridgehead atoms. The third-order valence-electron chi connectivity index (χ3n) is 4.54. The van der Waals surface area contributed by atoms with Crippen LogP contribution < -0.4 is 0 Å². The molecule has 0 saturated carbocycles. The Bertz CT molecular complexity index is 1140. The molecule has 1 N–H and O–H groups in total. The summed E-state index contributed by atoms with van der Waals surface area (Å²) in [6.45, 7) is 12.0. The molecule has 0 aliphatic heterocycles. The number of aryl methyl sites for hydroxylation is 1. The Kier molecular flexibility index (Phi) is 7.06. The maximum Gasteiger partial charge on any atom is 0.0496 e. The average Bonchev–Trinajstić information content (AvgIpc) is 3.27. The van der Waals surface area contributed by atoms with E-state index in [4.69, 9.17) is 0 Å².